The van der Waals surface area contributed by atoms with Crippen molar-refractivity contribution in [3.63, 3.8) is 0 Å². The minimum absolute atomic E-state index is 0.216. The molecule has 0 heterocycles. The zero-order valence-electron chi connectivity index (χ0n) is 39.1. The van der Waals surface area contributed by atoms with Crippen LogP contribution in [0.5, 0.6) is 0 Å². The first-order valence-corrected chi connectivity index (χ1v) is 21.6. The van der Waals surface area contributed by atoms with Crippen LogP contribution in [0.1, 0.15) is 11.1 Å². The SMILES string of the molecule is C1=C[CH+]C(=C(c2ccccc2)c2ccccc2)C=C1.Fc1cc(-c2c(F)c(F)c(F)c(F)c2F)c(F)c(F)c1F.Fc1cc(-c2c(F)c(F)c(F)c(F)c2F)c(F)c(F)c1F.Fc1cc(-c2c(F)c(F)c(F)c(F)c2F)c(F)c(F)c1F. The van der Waals surface area contributed by atoms with Crippen molar-refractivity contribution in [1.82, 2.24) is 0 Å². The smallest absolute Gasteiger partial charge is 0.200 e. The topological polar surface area (TPSA) is 0 Å². The van der Waals surface area contributed by atoms with E-state index >= 15 is 0 Å². The molecule has 0 nitrogen and oxygen atoms in total. The molecule has 27 heteroatoms. The summed E-state index contributed by atoms with van der Waals surface area (Å²) in [6, 6.07) is 20.4. The predicted octanol–water partition coefficient (Wildman–Crippen LogP) is 18.6. The molecular weight excluding hydrogens is 1170 g/mol. The Hall–Kier alpha value is -9.04. The van der Waals surface area contributed by atoms with Crippen molar-refractivity contribution in [2.24, 2.45) is 0 Å². The fourth-order valence-electron chi connectivity index (χ4n) is 7.10. The molecule has 0 radical (unpaired) electrons. The van der Waals surface area contributed by atoms with Gasteiger partial charge in [0.05, 0.1) is 22.3 Å². The molecule has 0 amide bonds. The Kier molecular flexibility index (Phi) is 19.1. The van der Waals surface area contributed by atoms with Crippen molar-refractivity contribution in [2.75, 3.05) is 0 Å². The maximum absolute atomic E-state index is 13.4. The number of hydrogen-bond donors (Lipinski definition) is 0. The van der Waals surface area contributed by atoms with Gasteiger partial charge in [0.2, 0.25) is 17.5 Å². The van der Waals surface area contributed by atoms with Crippen molar-refractivity contribution in [1.29, 1.82) is 0 Å². The van der Waals surface area contributed by atoms with Crippen LogP contribution >= 0.6 is 0 Å². The second-order valence-corrected chi connectivity index (χ2v) is 15.9. The van der Waals surface area contributed by atoms with Crippen LogP contribution in [-0.2, 0) is 0 Å². The lowest BCUT2D eigenvalue weighted by Crippen LogP contribution is -2.07. The summed E-state index contributed by atoms with van der Waals surface area (Å²) >= 11 is 0. The molecule has 0 aromatic heterocycles. The molecule has 0 unspecified atom stereocenters. The molecule has 1 aliphatic carbocycles. The first kappa shape index (κ1) is 62.2. The maximum Gasteiger partial charge on any atom is 0.200 e. The van der Waals surface area contributed by atoms with Crippen LogP contribution in [0.15, 0.2) is 109 Å². The average molecular weight is 1190 g/mol. The number of halogens is 27. The second kappa shape index (κ2) is 25.2. The number of allylic oxidation sites excluding steroid dienone is 5. The van der Waals surface area contributed by atoms with E-state index in [0.717, 1.165) is 0 Å². The van der Waals surface area contributed by atoms with Gasteiger partial charge in [-0.05, 0) is 42.5 Å². The van der Waals surface area contributed by atoms with Crippen LogP contribution in [0, 0.1) is 163 Å². The van der Waals surface area contributed by atoms with Crippen LogP contribution in [0.2, 0.25) is 0 Å². The minimum atomic E-state index is -2.53. The minimum Gasteiger partial charge on any atom is -0.204 e. The third-order valence-corrected chi connectivity index (χ3v) is 10.9. The Morgan fingerprint density at radius 1 is 0.244 bits per heavy atom. The highest BCUT2D eigenvalue weighted by Crippen LogP contribution is 2.39. The molecule has 0 saturated heterocycles. The summed E-state index contributed by atoms with van der Waals surface area (Å²) in [7, 11) is 0. The van der Waals surface area contributed by atoms with Gasteiger partial charge in [-0.1, -0.05) is 36.4 Å². The van der Waals surface area contributed by atoms with Crippen LogP contribution in [0.4, 0.5) is 119 Å². The number of rotatable bonds is 5. The molecule has 0 saturated carbocycles. The molecule has 0 atom stereocenters. The summed E-state index contributed by atoms with van der Waals surface area (Å²) in [6.07, 6.45) is 10.5. The van der Waals surface area contributed by atoms with E-state index in [9.17, 15) is 119 Å². The molecule has 8 aromatic carbocycles. The van der Waals surface area contributed by atoms with Gasteiger partial charge in [-0.15, -0.1) is 0 Å². The Labute approximate surface area is 440 Å². The van der Waals surface area contributed by atoms with E-state index < -0.39 is 190 Å². The average Bonchev–Trinajstić information content (AvgIpc) is 3.64. The number of benzene rings is 8. The molecule has 0 bridgehead atoms. The molecule has 0 N–H and O–H groups in total. The van der Waals surface area contributed by atoms with Crippen molar-refractivity contribution in [3.05, 3.63) is 283 Å². The summed E-state index contributed by atoms with van der Waals surface area (Å²) in [4.78, 5) is 0. The standard InChI is InChI=1S/C19H15.3C12HF9/c1-4-10-16(11-5-1)19(17-12-6-2-7-13-17)18-14-8-3-9-15-18;3*13-3-1-2(5(14)9(18)6(3)15)4-7(16)10(19)12(21)11(20)8(4)17/h1-15H;3*1H/q+1;;;. The van der Waals surface area contributed by atoms with Gasteiger partial charge in [0.15, 0.2) is 140 Å². The van der Waals surface area contributed by atoms with E-state index in [-0.39, 0.29) is 18.2 Å². The van der Waals surface area contributed by atoms with Crippen molar-refractivity contribution in [3.8, 4) is 33.4 Å². The first-order valence-electron chi connectivity index (χ1n) is 21.6. The molecule has 426 valence electrons. The fourth-order valence-corrected chi connectivity index (χ4v) is 7.10. The second-order valence-electron chi connectivity index (χ2n) is 15.9. The first-order chi connectivity index (χ1) is 38.5. The van der Waals surface area contributed by atoms with Gasteiger partial charge in [0, 0.05) is 58.5 Å². The molecule has 0 aliphatic heterocycles. The Morgan fingerprint density at radius 3 is 0.707 bits per heavy atom. The van der Waals surface area contributed by atoms with E-state index in [1.807, 2.05) is 0 Å². The van der Waals surface area contributed by atoms with Gasteiger partial charge in [-0.3, -0.25) is 0 Å². The van der Waals surface area contributed by atoms with Gasteiger partial charge >= 0.3 is 0 Å². The maximum atomic E-state index is 13.4. The molecule has 0 fully saturated rings. The van der Waals surface area contributed by atoms with Crippen LogP contribution in [-0.4, -0.2) is 0 Å². The van der Waals surface area contributed by atoms with Gasteiger partial charge in [0.1, 0.15) is 5.57 Å². The lowest BCUT2D eigenvalue weighted by molar-refractivity contribution is 0.379. The van der Waals surface area contributed by atoms with Gasteiger partial charge in [-0.2, -0.15) is 0 Å². The largest absolute Gasteiger partial charge is 0.204 e. The van der Waals surface area contributed by atoms with Crippen molar-refractivity contribution >= 4 is 5.57 Å². The van der Waals surface area contributed by atoms with Crippen LogP contribution in [0.25, 0.3) is 39.0 Å². The van der Waals surface area contributed by atoms with E-state index in [2.05, 4.69) is 91.4 Å². The quantitative estimate of drug-likeness (QED) is 0.0697. The molecular formula is C55H18F27+. The lowest BCUT2D eigenvalue weighted by Gasteiger charge is -2.10. The zero-order chi connectivity index (χ0) is 61.1. The third kappa shape index (κ3) is 11.9. The van der Waals surface area contributed by atoms with Gasteiger partial charge in [0.25, 0.3) is 0 Å². The highest BCUT2D eigenvalue weighted by atomic mass is 19.2. The highest BCUT2D eigenvalue weighted by molar-refractivity contribution is 5.85. The van der Waals surface area contributed by atoms with Crippen LogP contribution in [0.3, 0.4) is 0 Å². The monoisotopic (exact) mass is 1190 g/mol. The molecule has 1 aliphatic rings. The summed E-state index contributed by atoms with van der Waals surface area (Å²) < 4.78 is 353. The van der Waals surface area contributed by atoms with E-state index in [1.54, 1.807) is 0 Å². The Balaban J connectivity index is 0.000000176. The summed E-state index contributed by atoms with van der Waals surface area (Å²) in [5.74, 6) is -64.5. The normalized spacial score (nSPS) is 11.6. The third-order valence-electron chi connectivity index (χ3n) is 10.9. The molecule has 82 heavy (non-hydrogen) atoms. The van der Waals surface area contributed by atoms with Gasteiger partial charge < -0.3 is 0 Å². The molecule has 9 rings (SSSR count). The van der Waals surface area contributed by atoms with Crippen molar-refractivity contribution in [2.45, 2.75) is 0 Å². The summed E-state index contributed by atoms with van der Waals surface area (Å²) in [5, 5.41) is 0. The summed E-state index contributed by atoms with van der Waals surface area (Å²) in [5.41, 5.74) is -5.59. The Bertz CT molecular complexity index is 3470. The van der Waals surface area contributed by atoms with E-state index in [0.29, 0.717) is 0 Å². The highest BCUT2D eigenvalue weighted by Gasteiger charge is 2.34. The lowest BCUT2D eigenvalue weighted by atomic mass is 9.90. The van der Waals surface area contributed by atoms with Crippen molar-refractivity contribution < 1.29 is 119 Å². The molecule has 0 spiro atoms. The molecule has 8 aromatic rings. The number of hydrogen-bond acceptors (Lipinski definition) is 0. The Morgan fingerprint density at radius 2 is 0.476 bits per heavy atom. The van der Waals surface area contributed by atoms with Crippen LogP contribution < -0.4 is 0 Å². The summed E-state index contributed by atoms with van der Waals surface area (Å²) in [6.45, 7) is 0. The van der Waals surface area contributed by atoms with E-state index in [4.69, 9.17) is 0 Å². The fraction of sp³-hybridized carbons (Fsp3) is 0. The van der Waals surface area contributed by atoms with Gasteiger partial charge in [-0.25, -0.2) is 119 Å². The predicted molar refractivity (Wildman–Crippen MR) is 236 cm³/mol. The zero-order valence-corrected chi connectivity index (χ0v) is 39.1. The van der Waals surface area contributed by atoms with E-state index in [1.165, 1.54) is 22.3 Å².